The predicted molar refractivity (Wildman–Crippen MR) is 92.5 cm³/mol. The Balaban J connectivity index is 2.20. The summed E-state index contributed by atoms with van der Waals surface area (Å²) in [5.74, 6) is -1.17. The second kappa shape index (κ2) is 7.70. The van der Waals surface area contributed by atoms with Gasteiger partial charge < -0.3 is 19.9 Å². The number of halogens is 2. The molecule has 0 fully saturated rings. The number of nitrogens with one attached hydrogen (secondary N) is 1. The summed E-state index contributed by atoms with van der Waals surface area (Å²) in [6.07, 6.45) is 0. The third kappa shape index (κ3) is 4.11. The molecule has 2 aromatic carbocycles. The van der Waals surface area contributed by atoms with Crippen LogP contribution in [0.4, 0.5) is 8.78 Å². The minimum absolute atomic E-state index is 0.113. The SMILES string of the molecule is COc1cc(C(=O)NCC(C)(O)c2ccc(F)cc2F)cc(OC)c1C. The van der Waals surface area contributed by atoms with Gasteiger partial charge in [-0.25, -0.2) is 8.78 Å². The van der Waals surface area contributed by atoms with Crippen molar-refractivity contribution >= 4 is 5.91 Å². The van der Waals surface area contributed by atoms with Gasteiger partial charge in [0.2, 0.25) is 0 Å². The van der Waals surface area contributed by atoms with Crippen molar-refractivity contribution in [3.63, 3.8) is 0 Å². The summed E-state index contributed by atoms with van der Waals surface area (Å²) in [7, 11) is 2.96. The Kier molecular flexibility index (Phi) is 5.82. The average Bonchev–Trinajstić information content (AvgIpc) is 2.59. The van der Waals surface area contributed by atoms with Crippen LogP contribution in [0, 0.1) is 18.6 Å². The van der Waals surface area contributed by atoms with Crippen LogP contribution in [0.3, 0.4) is 0 Å². The summed E-state index contributed by atoms with van der Waals surface area (Å²) < 4.78 is 37.4. The van der Waals surface area contributed by atoms with Crippen molar-refractivity contribution in [1.29, 1.82) is 0 Å². The fourth-order valence-corrected chi connectivity index (χ4v) is 2.59. The van der Waals surface area contributed by atoms with Crippen molar-refractivity contribution in [1.82, 2.24) is 5.32 Å². The zero-order chi connectivity index (χ0) is 19.5. The zero-order valence-electron chi connectivity index (χ0n) is 15.0. The van der Waals surface area contributed by atoms with Gasteiger partial charge in [-0.3, -0.25) is 4.79 Å². The van der Waals surface area contributed by atoms with Crippen LogP contribution in [0.15, 0.2) is 30.3 Å². The number of rotatable bonds is 6. The molecule has 0 aliphatic carbocycles. The molecular weight excluding hydrogens is 344 g/mol. The van der Waals surface area contributed by atoms with Gasteiger partial charge in [-0.1, -0.05) is 6.07 Å². The van der Waals surface area contributed by atoms with E-state index in [9.17, 15) is 18.7 Å². The van der Waals surface area contributed by atoms with Gasteiger partial charge in [-0.2, -0.15) is 0 Å². The van der Waals surface area contributed by atoms with E-state index in [1.165, 1.54) is 21.1 Å². The molecule has 0 aliphatic rings. The normalized spacial score (nSPS) is 13.0. The standard InChI is InChI=1S/C19H21F2NO4/c1-11-16(25-3)7-12(8-17(11)26-4)18(23)22-10-19(2,24)14-6-5-13(20)9-15(14)21/h5-9,24H,10H2,1-4H3,(H,22,23). The first-order valence-electron chi connectivity index (χ1n) is 7.88. The summed E-state index contributed by atoms with van der Waals surface area (Å²) in [4.78, 5) is 12.4. The maximum Gasteiger partial charge on any atom is 0.251 e. The minimum Gasteiger partial charge on any atom is -0.496 e. The van der Waals surface area contributed by atoms with Crippen LogP contribution in [0.25, 0.3) is 0 Å². The number of aliphatic hydroxyl groups is 1. The van der Waals surface area contributed by atoms with Crippen LogP contribution in [0.2, 0.25) is 0 Å². The van der Waals surface area contributed by atoms with E-state index in [1.807, 2.05) is 0 Å². The lowest BCUT2D eigenvalue weighted by Gasteiger charge is -2.25. The number of amides is 1. The van der Waals surface area contributed by atoms with E-state index in [-0.39, 0.29) is 17.7 Å². The summed E-state index contributed by atoms with van der Waals surface area (Å²) in [6.45, 7) is 2.86. The molecular formula is C19H21F2NO4. The van der Waals surface area contributed by atoms with E-state index in [1.54, 1.807) is 19.1 Å². The highest BCUT2D eigenvalue weighted by Crippen LogP contribution is 2.29. The third-order valence-corrected chi connectivity index (χ3v) is 4.12. The van der Waals surface area contributed by atoms with Gasteiger partial charge in [-0.15, -0.1) is 0 Å². The first-order valence-corrected chi connectivity index (χ1v) is 7.88. The Hall–Kier alpha value is -2.67. The molecule has 26 heavy (non-hydrogen) atoms. The van der Waals surface area contributed by atoms with E-state index in [0.29, 0.717) is 17.6 Å². The Bertz CT molecular complexity index is 796. The summed E-state index contributed by atoms with van der Waals surface area (Å²) in [6, 6.07) is 5.96. The van der Waals surface area contributed by atoms with Crippen LogP contribution >= 0.6 is 0 Å². The molecule has 2 aromatic rings. The molecule has 5 nitrogen and oxygen atoms in total. The third-order valence-electron chi connectivity index (χ3n) is 4.12. The molecule has 0 radical (unpaired) electrons. The smallest absolute Gasteiger partial charge is 0.251 e. The largest absolute Gasteiger partial charge is 0.496 e. The molecule has 2 rings (SSSR count). The fraction of sp³-hybridized carbons (Fsp3) is 0.316. The molecule has 0 spiro atoms. The number of ether oxygens (including phenoxy) is 2. The Morgan fingerprint density at radius 1 is 1.15 bits per heavy atom. The molecule has 140 valence electrons. The molecule has 0 saturated carbocycles. The van der Waals surface area contributed by atoms with Gasteiger partial charge in [-0.05, 0) is 32.0 Å². The summed E-state index contributed by atoms with van der Waals surface area (Å²) >= 11 is 0. The summed E-state index contributed by atoms with van der Waals surface area (Å²) in [5, 5.41) is 13.0. The first kappa shape index (κ1) is 19.7. The molecule has 0 heterocycles. The monoisotopic (exact) mass is 365 g/mol. The lowest BCUT2D eigenvalue weighted by Crippen LogP contribution is -2.39. The van der Waals surface area contributed by atoms with Crippen LogP contribution in [0.5, 0.6) is 11.5 Å². The van der Waals surface area contributed by atoms with Gasteiger partial charge in [0.25, 0.3) is 5.91 Å². The highest BCUT2D eigenvalue weighted by Gasteiger charge is 2.28. The van der Waals surface area contributed by atoms with Gasteiger partial charge in [0.15, 0.2) is 0 Å². The lowest BCUT2D eigenvalue weighted by molar-refractivity contribution is 0.0494. The molecule has 0 aliphatic heterocycles. The van der Waals surface area contributed by atoms with Crippen molar-refractivity contribution < 1.29 is 28.2 Å². The van der Waals surface area contributed by atoms with Gasteiger partial charge >= 0.3 is 0 Å². The maximum atomic E-state index is 13.9. The second-order valence-electron chi connectivity index (χ2n) is 6.09. The number of hydrogen-bond donors (Lipinski definition) is 2. The van der Waals surface area contributed by atoms with Crippen molar-refractivity contribution in [3.8, 4) is 11.5 Å². The van der Waals surface area contributed by atoms with Gasteiger partial charge in [0.05, 0.1) is 20.8 Å². The molecule has 1 atom stereocenters. The molecule has 1 amide bonds. The van der Waals surface area contributed by atoms with Gasteiger partial charge in [0, 0.05) is 22.8 Å². The Morgan fingerprint density at radius 3 is 2.23 bits per heavy atom. The minimum atomic E-state index is -1.72. The number of hydrogen-bond acceptors (Lipinski definition) is 4. The van der Waals surface area contributed by atoms with Crippen LogP contribution < -0.4 is 14.8 Å². The maximum absolute atomic E-state index is 13.9. The number of benzene rings is 2. The van der Waals surface area contributed by atoms with Crippen LogP contribution in [-0.4, -0.2) is 31.8 Å². The van der Waals surface area contributed by atoms with E-state index < -0.39 is 23.1 Å². The zero-order valence-corrected chi connectivity index (χ0v) is 15.0. The first-order chi connectivity index (χ1) is 12.2. The van der Waals surface area contributed by atoms with E-state index in [2.05, 4.69) is 5.32 Å². The van der Waals surface area contributed by atoms with E-state index in [0.717, 1.165) is 17.7 Å². The van der Waals surface area contributed by atoms with Gasteiger partial charge in [0.1, 0.15) is 28.7 Å². The molecule has 1 unspecified atom stereocenters. The molecule has 0 aromatic heterocycles. The quantitative estimate of drug-likeness (QED) is 0.826. The van der Waals surface area contributed by atoms with Crippen molar-refractivity contribution in [2.75, 3.05) is 20.8 Å². The number of carbonyl (C=O) groups excluding carboxylic acids is 1. The number of carbonyl (C=O) groups is 1. The highest BCUT2D eigenvalue weighted by molar-refractivity contribution is 5.95. The van der Waals surface area contributed by atoms with Crippen molar-refractivity contribution in [2.24, 2.45) is 0 Å². The molecule has 0 saturated heterocycles. The molecule has 2 N–H and O–H groups in total. The van der Waals surface area contributed by atoms with Crippen molar-refractivity contribution in [3.05, 3.63) is 58.7 Å². The average molecular weight is 365 g/mol. The Morgan fingerprint density at radius 2 is 1.73 bits per heavy atom. The topological polar surface area (TPSA) is 67.8 Å². The Labute approximate surface area is 150 Å². The lowest BCUT2D eigenvalue weighted by atomic mass is 9.95. The second-order valence-corrected chi connectivity index (χ2v) is 6.09. The summed E-state index contributed by atoms with van der Waals surface area (Å²) in [5.41, 5.74) is -0.823. The van der Waals surface area contributed by atoms with Crippen LogP contribution in [-0.2, 0) is 5.60 Å². The molecule has 0 bridgehead atoms. The number of methoxy groups -OCH3 is 2. The van der Waals surface area contributed by atoms with E-state index in [4.69, 9.17) is 9.47 Å². The van der Waals surface area contributed by atoms with Crippen LogP contribution in [0.1, 0.15) is 28.4 Å². The fourth-order valence-electron chi connectivity index (χ4n) is 2.59. The highest BCUT2D eigenvalue weighted by atomic mass is 19.1. The molecule has 7 heteroatoms. The van der Waals surface area contributed by atoms with E-state index >= 15 is 0 Å². The van der Waals surface area contributed by atoms with Crippen molar-refractivity contribution in [2.45, 2.75) is 19.4 Å². The predicted octanol–water partition coefficient (Wildman–Crippen LogP) is 2.93.